The third kappa shape index (κ3) is 3.09. The number of benzene rings is 1. The van der Waals surface area contributed by atoms with Crippen LogP contribution in [-0.2, 0) is 11.2 Å². The van der Waals surface area contributed by atoms with Gasteiger partial charge in [0.25, 0.3) is 0 Å². The number of rotatable bonds is 3. The van der Waals surface area contributed by atoms with Gasteiger partial charge in [0.15, 0.2) is 0 Å². The van der Waals surface area contributed by atoms with Crippen LogP contribution in [0.4, 0.5) is 5.69 Å². The van der Waals surface area contributed by atoms with Crippen molar-refractivity contribution in [3.8, 4) is 0 Å². The molecule has 21 heavy (non-hydrogen) atoms. The number of fused-ring (bicyclic) bond motifs is 1. The molecule has 0 aromatic heterocycles. The maximum absolute atomic E-state index is 11.5. The summed E-state index contributed by atoms with van der Waals surface area (Å²) in [4.78, 5) is 11.5. The summed E-state index contributed by atoms with van der Waals surface area (Å²) in [6, 6.07) is 4.33. The van der Waals surface area contributed by atoms with Crippen LogP contribution in [-0.4, -0.2) is 13.0 Å². The van der Waals surface area contributed by atoms with Crippen molar-refractivity contribution >= 4 is 23.2 Å². The van der Waals surface area contributed by atoms with Crippen LogP contribution in [0.5, 0.6) is 0 Å². The second-order valence-corrected chi connectivity index (χ2v) is 6.68. The Balaban J connectivity index is 1.90. The van der Waals surface area contributed by atoms with Crippen molar-refractivity contribution in [2.24, 2.45) is 5.92 Å². The number of anilines is 1. The number of carbonyl (C=O) groups excluding carboxylic acids is 1. The fourth-order valence-electron chi connectivity index (χ4n) is 3.79. The van der Waals surface area contributed by atoms with Crippen molar-refractivity contribution < 1.29 is 4.79 Å². The number of hydrogen-bond donors (Lipinski definition) is 2. The van der Waals surface area contributed by atoms with Crippen LogP contribution < -0.4 is 10.6 Å². The topological polar surface area (TPSA) is 41.1 Å². The molecule has 1 heterocycles. The van der Waals surface area contributed by atoms with E-state index in [1.165, 1.54) is 38.5 Å². The Morgan fingerprint density at radius 1 is 1.24 bits per heavy atom. The minimum Gasteiger partial charge on any atom is -0.325 e. The van der Waals surface area contributed by atoms with E-state index in [2.05, 4.69) is 16.7 Å². The van der Waals surface area contributed by atoms with E-state index in [0.29, 0.717) is 12.3 Å². The average Bonchev–Trinajstić information content (AvgIpc) is 2.66. The van der Waals surface area contributed by atoms with Crippen molar-refractivity contribution in [1.29, 1.82) is 0 Å². The van der Waals surface area contributed by atoms with Gasteiger partial charge in [-0.25, -0.2) is 0 Å². The Bertz CT molecular complexity index is 536. The first kappa shape index (κ1) is 14.9. The molecule has 3 nitrogen and oxygen atoms in total. The summed E-state index contributed by atoms with van der Waals surface area (Å²) in [5.74, 6) is 0.701. The molecule has 1 aromatic rings. The highest BCUT2D eigenvalue weighted by atomic mass is 35.5. The summed E-state index contributed by atoms with van der Waals surface area (Å²) in [6.07, 6.45) is 8.32. The predicted octanol–water partition coefficient (Wildman–Crippen LogP) is 4.07. The molecular weight excluding hydrogens is 284 g/mol. The lowest BCUT2D eigenvalue weighted by atomic mass is 9.86. The van der Waals surface area contributed by atoms with Gasteiger partial charge in [-0.3, -0.25) is 4.79 Å². The zero-order chi connectivity index (χ0) is 14.8. The number of halogens is 1. The first-order valence-corrected chi connectivity index (χ1v) is 8.36. The Kier molecular flexibility index (Phi) is 4.51. The van der Waals surface area contributed by atoms with E-state index in [0.717, 1.165) is 21.8 Å². The molecule has 1 fully saturated rings. The first-order chi connectivity index (χ1) is 10.2. The number of hydrogen-bond acceptors (Lipinski definition) is 2. The fraction of sp³-hybridized carbons (Fsp3) is 0.588. The van der Waals surface area contributed by atoms with E-state index in [1.807, 2.05) is 13.1 Å². The smallest absolute Gasteiger partial charge is 0.228 e. The van der Waals surface area contributed by atoms with Crippen LogP contribution in [0.1, 0.15) is 55.7 Å². The second kappa shape index (κ2) is 6.37. The maximum atomic E-state index is 11.5. The highest BCUT2D eigenvalue weighted by Crippen LogP contribution is 2.39. The summed E-state index contributed by atoms with van der Waals surface area (Å²) in [5.41, 5.74) is 3.11. The molecule has 2 aliphatic rings. The van der Waals surface area contributed by atoms with E-state index in [-0.39, 0.29) is 11.9 Å². The molecule has 1 unspecified atom stereocenters. The summed E-state index contributed by atoms with van der Waals surface area (Å²) in [7, 11) is 2.02. The summed E-state index contributed by atoms with van der Waals surface area (Å²) < 4.78 is 0. The van der Waals surface area contributed by atoms with Gasteiger partial charge in [-0.15, -0.1) is 0 Å². The first-order valence-electron chi connectivity index (χ1n) is 7.98. The van der Waals surface area contributed by atoms with Crippen molar-refractivity contribution in [3.63, 3.8) is 0 Å². The van der Waals surface area contributed by atoms with E-state index >= 15 is 0 Å². The molecule has 1 saturated carbocycles. The average molecular weight is 307 g/mol. The zero-order valence-electron chi connectivity index (χ0n) is 12.5. The molecule has 1 amide bonds. The van der Waals surface area contributed by atoms with Gasteiger partial charge in [-0.2, -0.15) is 0 Å². The molecule has 3 rings (SSSR count). The van der Waals surface area contributed by atoms with E-state index in [9.17, 15) is 4.79 Å². The van der Waals surface area contributed by atoms with Crippen LogP contribution in [0, 0.1) is 5.92 Å². The Morgan fingerprint density at radius 2 is 1.95 bits per heavy atom. The summed E-state index contributed by atoms with van der Waals surface area (Å²) in [6.45, 7) is 0. The van der Waals surface area contributed by atoms with Crippen molar-refractivity contribution in [1.82, 2.24) is 5.32 Å². The predicted molar refractivity (Wildman–Crippen MR) is 86.8 cm³/mol. The molecule has 4 heteroatoms. The van der Waals surface area contributed by atoms with Crippen molar-refractivity contribution in [2.45, 2.75) is 51.0 Å². The van der Waals surface area contributed by atoms with E-state index < -0.39 is 0 Å². The van der Waals surface area contributed by atoms with Gasteiger partial charge in [-0.05, 0) is 43.0 Å². The minimum absolute atomic E-state index is 0.0636. The number of nitrogens with one attached hydrogen (secondary N) is 2. The van der Waals surface area contributed by atoms with Crippen LogP contribution >= 0.6 is 11.6 Å². The lowest BCUT2D eigenvalue weighted by Crippen LogP contribution is -2.25. The summed E-state index contributed by atoms with van der Waals surface area (Å²) in [5, 5.41) is 7.10. The molecule has 0 bridgehead atoms. The van der Waals surface area contributed by atoms with Gasteiger partial charge in [0, 0.05) is 16.8 Å². The zero-order valence-corrected chi connectivity index (χ0v) is 13.3. The third-order valence-corrected chi connectivity index (χ3v) is 5.19. The largest absolute Gasteiger partial charge is 0.325 e. The SMILES string of the molecule is CNC(c1cc2c(cc1Cl)NC(=O)C2)C1CCCCCC1. The lowest BCUT2D eigenvalue weighted by molar-refractivity contribution is -0.115. The standard InChI is InChI=1S/C17H23ClN2O/c1-19-17(11-6-4-2-3-5-7-11)13-8-12-9-16(21)20-15(12)10-14(13)18/h8,10-11,17,19H,2-7,9H2,1H3,(H,20,21). The molecule has 114 valence electrons. The summed E-state index contributed by atoms with van der Waals surface area (Å²) >= 11 is 6.50. The van der Waals surface area contributed by atoms with Crippen LogP contribution in [0.15, 0.2) is 12.1 Å². The van der Waals surface area contributed by atoms with Gasteiger partial charge in [0.1, 0.15) is 0 Å². The molecule has 0 saturated heterocycles. The van der Waals surface area contributed by atoms with Crippen molar-refractivity contribution in [2.75, 3.05) is 12.4 Å². The molecule has 1 atom stereocenters. The molecule has 2 N–H and O–H groups in total. The Labute approximate surface area is 131 Å². The molecule has 1 aliphatic heterocycles. The van der Waals surface area contributed by atoms with Crippen LogP contribution in [0.2, 0.25) is 5.02 Å². The lowest BCUT2D eigenvalue weighted by Gasteiger charge is -2.27. The van der Waals surface area contributed by atoms with Crippen LogP contribution in [0.3, 0.4) is 0 Å². The van der Waals surface area contributed by atoms with Gasteiger partial charge in [-0.1, -0.05) is 43.4 Å². The Morgan fingerprint density at radius 3 is 2.62 bits per heavy atom. The normalized spacial score (nSPS) is 20.8. The number of carbonyl (C=O) groups is 1. The van der Waals surface area contributed by atoms with E-state index in [1.54, 1.807) is 0 Å². The third-order valence-electron chi connectivity index (χ3n) is 4.86. The highest BCUT2D eigenvalue weighted by molar-refractivity contribution is 6.32. The maximum Gasteiger partial charge on any atom is 0.228 e. The quantitative estimate of drug-likeness (QED) is 0.827. The van der Waals surface area contributed by atoms with Gasteiger partial charge < -0.3 is 10.6 Å². The van der Waals surface area contributed by atoms with Crippen LogP contribution in [0.25, 0.3) is 0 Å². The molecule has 1 aromatic carbocycles. The monoisotopic (exact) mass is 306 g/mol. The fourth-order valence-corrected chi connectivity index (χ4v) is 4.08. The molecule has 1 aliphatic carbocycles. The minimum atomic E-state index is 0.0636. The second-order valence-electron chi connectivity index (χ2n) is 6.27. The highest BCUT2D eigenvalue weighted by Gasteiger charge is 2.27. The van der Waals surface area contributed by atoms with Crippen molar-refractivity contribution in [3.05, 3.63) is 28.3 Å². The van der Waals surface area contributed by atoms with Gasteiger partial charge >= 0.3 is 0 Å². The Hall–Kier alpha value is -1.06. The molecule has 0 spiro atoms. The van der Waals surface area contributed by atoms with Gasteiger partial charge in [0.05, 0.1) is 6.42 Å². The molecule has 0 radical (unpaired) electrons. The number of amides is 1. The molecular formula is C17H23ClN2O. The van der Waals surface area contributed by atoms with E-state index in [4.69, 9.17) is 11.6 Å². The van der Waals surface area contributed by atoms with Gasteiger partial charge in [0.2, 0.25) is 5.91 Å².